The number of amides is 1. The summed E-state index contributed by atoms with van der Waals surface area (Å²) in [6, 6.07) is 0. The monoisotopic (exact) mass is 468 g/mol. The normalized spacial score (nSPS) is 25.5. The maximum atomic E-state index is 14.6. The van der Waals surface area contributed by atoms with E-state index in [1.54, 1.807) is 0 Å². The lowest BCUT2D eigenvalue weighted by Crippen LogP contribution is -2.38. The Morgan fingerprint density at radius 3 is 2.83 bits per heavy atom. The van der Waals surface area contributed by atoms with Crippen molar-refractivity contribution in [2.75, 3.05) is 19.4 Å². The van der Waals surface area contributed by atoms with E-state index >= 15 is 0 Å². The molecule has 1 saturated heterocycles. The molecule has 1 aliphatic heterocycles. The molecule has 2 aromatic heterocycles. The van der Waals surface area contributed by atoms with Crippen molar-refractivity contribution in [2.24, 2.45) is 0 Å². The maximum absolute atomic E-state index is 14.6. The van der Waals surface area contributed by atoms with Crippen molar-refractivity contribution in [3.05, 3.63) is 11.6 Å². The van der Waals surface area contributed by atoms with E-state index in [1.807, 2.05) is 0 Å². The van der Waals surface area contributed by atoms with Crippen molar-refractivity contribution < 1.29 is 38.1 Å². The van der Waals surface area contributed by atoms with Gasteiger partial charge in [-0.25, -0.2) is 9.37 Å². The van der Waals surface area contributed by atoms with Crippen LogP contribution >= 0.6 is 19.2 Å². The molecule has 2 aromatic rings. The molecule has 0 saturated carbocycles. The number of nitrogens with one attached hydrogen (secondary N) is 1. The minimum Gasteiger partial charge on any atom is -0.387 e. The molecule has 0 aromatic carbocycles. The van der Waals surface area contributed by atoms with E-state index in [1.165, 1.54) is 17.9 Å². The van der Waals surface area contributed by atoms with Gasteiger partial charge in [-0.1, -0.05) is 0 Å². The molecule has 1 amide bonds. The molecule has 166 valence electrons. The second kappa shape index (κ2) is 8.67. The molecule has 0 unspecified atom stereocenters. The minimum atomic E-state index is -4.96. The number of fused-ring (bicyclic) bond motifs is 1. The van der Waals surface area contributed by atoms with Gasteiger partial charge in [-0.3, -0.25) is 9.36 Å². The van der Waals surface area contributed by atoms with Crippen molar-refractivity contribution in [3.8, 4) is 0 Å². The van der Waals surface area contributed by atoms with Crippen LogP contribution in [-0.4, -0.2) is 84.3 Å². The van der Waals surface area contributed by atoms with Crippen LogP contribution in [-0.2, 0) is 25.4 Å². The summed E-state index contributed by atoms with van der Waals surface area (Å²) in [5.41, 5.74) is 6.21. The van der Waals surface area contributed by atoms with Gasteiger partial charge in [0.05, 0.1) is 19.5 Å². The summed E-state index contributed by atoms with van der Waals surface area (Å²) in [4.78, 5) is 41.9. The van der Waals surface area contributed by atoms with Gasteiger partial charge in [0.25, 0.3) is 5.91 Å². The van der Waals surface area contributed by atoms with E-state index < -0.39 is 50.4 Å². The first kappa shape index (κ1) is 22.7. The number of likely N-dealkylation sites (N-methyl/N-ethyl adjacent to an activating group) is 1. The summed E-state index contributed by atoms with van der Waals surface area (Å²) < 4.78 is 37.8. The lowest BCUT2D eigenvalue weighted by Gasteiger charge is -2.21. The zero-order valence-corrected chi connectivity index (χ0v) is 17.1. The van der Waals surface area contributed by atoms with Crippen molar-refractivity contribution >= 4 is 42.1 Å². The van der Waals surface area contributed by atoms with Crippen LogP contribution < -0.4 is 11.1 Å². The van der Waals surface area contributed by atoms with Gasteiger partial charge in [-0.2, -0.15) is 9.97 Å². The Balaban J connectivity index is 1.71. The van der Waals surface area contributed by atoms with E-state index in [4.69, 9.17) is 26.8 Å². The number of ether oxygens (including phenoxy) is 2. The molecule has 3 rings (SSSR count). The third-order valence-corrected chi connectivity index (χ3v) is 5.61. The summed E-state index contributed by atoms with van der Waals surface area (Å²) in [6.45, 7) is -0.762. The highest BCUT2D eigenvalue weighted by molar-refractivity contribution is 7.53. The first-order valence-electron chi connectivity index (χ1n) is 8.52. The molecule has 0 aliphatic carbocycles. The van der Waals surface area contributed by atoms with Gasteiger partial charge in [-0.15, -0.1) is 0 Å². The van der Waals surface area contributed by atoms with Gasteiger partial charge >= 0.3 is 7.60 Å². The third-order valence-electron chi connectivity index (χ3n) is 4.45. The number of hydrogen-bond donors (Lipinski definition) is 5. The topological polar surface area (TPSA) is 195 Å². The lowest BCUT2D eigenvalue weighted by molar-refractivity contribution is -0.131. The quantitative estimate of drug-likeness (QED) is 0.242. The van der Waals surface area contributed by atoms with Crippen LogP contribution in [0.3, 0.4) is 0 Å². The Hall–Kier alpha value is -1.93. The number of anilines is 1. The van der Waals surface area contributed by atoms with Gasteiger partial charge in [0.1, 0.15) is 23.8 Å². The van der Waals surface area contributed by atoms with Gasteiger partial charge in [0.15, 0.2) is 17.6 Å². The number of aliphatic hydroxyl groups excluding tert-OH is 1. The molecule has 13 nitrogen and oxygen atoms in total. The number of carbonyl (C=O) groups excluding carboxylic acids is 1. The molecule has 0 spiro atoms. The Labute approximate surface area is 173 Å². The van der Waals surface area contributed by atoms with E-state index in [0.717, 1.165) is 0 Å². The fourth-order valence-electron chi connectivity index (χ4n) is 2.99. The first-order valence-corrected chi connectivity index (χ1v) is 10.6. The summed E-state index contributed by atoms with van der Waals surface area (Å²) in [6.07, 6.45) is -4.64. The fourth-order valence-corrected chi connectivity index (χ4v) is 3.87. The number of nitrogens with zero attached hydrogens (tertiary/aromatic N) is 4. The van der Waals surface area contributed by atoms with E-state index in [-0.39, 0.29) is 28.8 Å². The molecule has 1 aliphatic rings. The number of nitrogen functional groups attached to an aromatic ring is 1. The maximum Gasteiger partial charge on any atom is 0.363 e. The first-order chi connectivity index (χ1) is 14.0. The molecule has 16 heteroatoms. The standard InChI is InChI=1S/C14H19ClFN6O7P/c1-18-12(24)13(30(25,26)27)28-3-6-9(23)7(16)5(29-6)2-22-4-19-8-10(17)20-14(15)21-11(8)22/h4-7,9,13,23H,2-3H2,1H3,(H,18,24)(H2,17,20,21)(H2,25,26,27)/t5-,6+,7+,9+,13-/m0/s1. The Kier molecular flexibility index (Phi) is 6.57. The van der Waals surface area contributed by atoms with Crippen LogP contribution in [0.25, 0.3) is 11.2 Å². The predicted molar refractivity (Wildman–Crippen MR) is 100 cm³/mol. The average molecular weight is 469 g/mol. The zero-order chi connectivity index (χ0) is 22.2. The number of hydrogen-bond acceptors (Lipinski definition) is 9. The molecule has 3 heterocycles. The van der Waals surface area contributed by atoms with Crippen LogP contribution in [0.1, 0.15) is 0 Å². The van der Waals surface area contributed by atoms with Gasteiger partial charge < -0.3 is 40.0 Å². The number of aliphatic hydroxyl groups is 1. The summed E-state index contributed by atoms with van der Waals surface area (Å²) in [5.74, 6) is -3.14. The fraction of sp³-hybridized carbons (Fsp3) is 0.571. The van der Waals surface area contributed by atoms with E-state index in [0.29, 0.717) is 0 Å². The highest BCUT2D eigenvalue weighted by Gasteiger charge is 2.46. The molecule has 5 atom stereocenters. The summed E-state index contributed by atoms with van der Waals surface area (Å²) >= 11 is 5.79. The second-order valence-electron chi connectivity index (χ2n) is 6.48. The van der Waals surface area contributed by atoms with Gasteiger partial charge in [-0.05, 0) is 11.6 Å². The highest BCUT2D eigenvalue weighted by Crippen LogP contribution is 2.42. The average Bonchev–Trinajstić information content (AvgIpc) is 3.17. The number of carbonyl (C=O) groups is 1. The van der Waals surface area contributed by atoms with Crippen molar-refractivity contribution in [3.63, 3.8) is 0 Å². The summed E-state index contributed by atoms with van der Waals surface area (Å²) in [7, 11) is -3.79. The van der Waals surface area contributed by atoms with Crippen LogP contribution in [0.2, 0.25) is 5.28 Å². The van der Waals surface area contributed by atoms with Crippen LogP contribution in [0.4, 0.5) is 10.2 Å². The molecule has 6 N–H and O–H groups in total. The smallest absolute Gasteiger partial charge is 0.363 e. The Bertz CT molecular complexity index is 989. The largest absolute Gasteiger partial charge is 0.387 e. The minimum absolute atomic E-state index is 0.0388. The molecule has 30 heavy (non-hydrogen) atoms. The van der Waals surface area contributed by atoms with E-state index in [9.17, 15) is 28.6 Å². The van der Waals surface area contributed by atoms with E-state index in [2.05, 4.69) is 20.3 Å². The van der Waals surface area contributed by atoms with Crippen molar-refractivity contribution in [1.82, 2.24) is 24.8 Å². The molecule has 0 bridgehead atoms. The summed E-state index contributed by atoms with van der Waals surface area (Å²) in [5, 5.41) is 12.0. The Morgan fingerprint density at radius 2 is 2.20 bits per heavy atom. The SMILES string of the molecule is CNC(=O)[C@@H](OC[C@H]1O[C@@H](Cn2cnc3c(N)nc(Cl)nc32)[C@@H](F)[C@@H]1O)P(=O)(O)O. The van der Waals surface area contributed by atoms with Crippen LogP contribution in [0.15, 0.2) is 6.33 Å². The van der Waals surface area contributed by atoms with Crippen molar-refractivity contribution in [2.45, 2.75) is 36.9 Å². The number of nitrogens with two attached hydrogens (primary N) is 1. The Morgan fingerprint density at radius 1 is 1.50 bits per heavy atom. The molecule has 0 radical (unpaired) electrons. The number of aromatic nitrogens is 4. The third kappa shape index (κ3) is 4.54. The van der Waals surface area contributed by atoms with Gasteiger partial charge in [0, 0.05) is 7.05 Å². The zero-order valence-electron chi connectivity index (χ0n) is 15.4. The number of halogens is 2. The highest BCUT2D eigenvalue weighted by atomic mass is 35.5. The number of imidazole rings is 1. The molecular weight excluding hydrogens is 450 g/mol. The van der Waals surface area contributed by atoms with Crippen molar-refractivity contribution in [1.29, 1.82) is 0 Å². The number of alkyl halides is 1. The van der Waals surface area contributed by atoms with Crippen LogP contribution in [0.5, 0.6) is 0 Å². The lowest BCUT2D eigenvalue weighted by atomic mass is 10.1. The predicted octanol–water partition coefficient (Wildman–Crippen LogP) is -1.21. The van der Waals surface area contributed by atoms with Crippen LogP contribution in [0, 0.1) is 0 Å². The molecular formula is C14H19ClFN6O7P. The second-order valence-corrected chi connectivity index (χ2v) is 8.47. The van der Waals surface area contributed by atoms with Gasteiger partial charge in [0.2, 0.25) is 11.1 Å². The number of rotatable bonds is 7. The molecule has 1 fully saturated rings.